The molecule has 1 saturated heterocycles. The lowest BCUT2D eigenvalue weighted by molar-refractivity contribution is -0.137. The largest absolute Gasteiger partial charge is 0.416 e. The van der Waals surface area contributed by atoms with E-state index in [9.17, 15) is 26.4 Å². The first-order valence-corrected chi connectivity index (χ1v) is 11.1. The van der Waals surface area contributed by atoms with E-state index in [2.05, 4.69) is 14.1 Å². The molecule has 1 aromatic heterocycles. The monoisotopic (exact) mass is 456 g/mol. The molecule has 30 heavy (non-hydrogen) atoms. The van der Waals surface area contributed by atoms with Crippen molar-refractivity contribution in [1.29, 1.82) is 0 Å². The molecule has 1 aliphatic heterocycles. The Morgan fingerprint density at radius 2 is 1.93 bits per heavy atom. The van der Waals surface area contributed by atoms with Gasteiger partial charge in [-0.3, -0.25) is 4.79 Å². The van der Waals surface area contributed by atoms with Gasteiger partial charge in [-0.1, -0.05) is 12.1 Å². The fourth-order valence-electron chi connectivity index (χ4n) is 3.40. The molecule has 4 rings (SSSR count). The number of hydrogen-bond acceptors (Lipinski definition) is 6. The Hall–Kier alpha value is -2.57. The lowest BCUT2D eigenvalue weighted by Gasteiger charge is -2.23. The molecule has 7 nitrogen and oxygen atoms in total. The number of nitrogens with zero attached hydrogens (tertiary/aromatic N) is 3. The van der Waals surface area contributed by atoms with Gasteiger partial charge in [-0.25, -0.2) is 8.42 Å². The Morgan fingerprint density at radius 1 is 1.17 bits per heavy atom. The highest BCUT2D eigenvalue weighted by Gasteiger charge is 2.40. The Kier molecular flexibility index (Phi) is 5.24. The first kappa shape index (κ1) is 20.7. The second-order valence-electron chi connectivity index (χ2n) is 6.73. The zero-order chi connectivity index (χ0) is 21.5. The van der Waals surface area contributed by atoms with Gasteiger partial charge in [0.05, 0.1) is 17.3 Å². The maximum atomic E-state index is 13.2. The molecule has 12 heteroatoms. The van der Waals surface area contributed by atoms with E-state index >= 15 is 0 Å². The average molecular weight is 456 g/mol. The van der Waals surface area contributed by atoms with Gasteiger partial charge in [-0.2, -0.15) is 26.2 Å². The third-order valence-corrected chi connectivity index (χ3v) is 7.28. The van der Waals surface area contributed by atoms with Gasteiger partial charge in [-0.15, -0.1) is 0 Å². The van der Waals surface area contributed by atoms with Crippen LogP contribution in [0.5, 0.6) is 0 Å². The summed E-state index contributed by atoms with van der Waals surface area (Å²) in [6.07, 6.45) is -3.84. The molecule has 1 unspecified atom stereocenters. The number of benzene rings is 2. The number of nitrogens with one attached hydrogen (secondary N) is 1. The van der Waals surface area contributed by atoms with Crippen LogP contribution in [0.4, 0.5) is 18.9 Å². The van der Waals surface area contributed by atoms with E-state index < -0.39 is 33.7 Å². The summed E-state index contributed by atoms with van der Waals surface area (Å²) in [4.78, 5) is 12.7. The SMILES string of the molecule is O=C(Nc1cccc(C(F)(F)F)c1)C1CCCN1S(=O)(=O)c1cccc2nsnc12. The Morgan fingerprint density at radius 3 is 2.70 bits per heavy atom. The van der Waals surface area contributed by atoms with Crippen molar-refractivity contribution < 1.29 is 26.4 Å². The van der Waals surface area contributed by atoms with Crippen LogP contribution in [0.3, 0.4) is 0 Å². The summed E-state index contributed by atoms with van der Waals surface area (Å²) in [5, 5.41) is 2.41. The van der Waals surface area contributed by atoms with Crippen LogP contribution in [0.15, 0.2) is 47.4 Å². The normalized spacial score (nSPS) is 18.0. The molecule has 1 aliphatic rings. The number of alkyl halides is 3. The maximum absolute atomic E-state index is 13.2. The van der Waals surface area contributed by atoms with Crippen LogP contribution >= 0.6 is 11.7 Å². The zero-order valence-electron chi connectivity index (χ0n) is 15.3. The van der Waals surface area contributed by atoms with Crippen molar-refractivity contribution in [3.05, 3.63) is 48.0 Å². The topological polar surface area (TPSA) is 92.3 Å². The summed E-state index contributed by atoms with van der Waals surface area (Å²) >= 11 is 0.884. The third-order valence-electron chi connectivity index (χ3n) is 4.80. The van der Waals surface area contributed by atoms with Crippen molar-refractivity contribution in [2.24, 2.45) is 0 Å². The quantitative estimate of drug-likeness (QED) is 0.649. The highest BCUT2D eigenvalue weighted by atomic mass is 32.2. The molecule has 158 valence electrons. The second kappa shape index (κ2) is 7.60. The van der Waals surface area contributed by atoms with Gasteiger partial charge in [0, 0.05) is 12.2 Å². The van der Waals surface area contributed by atoms with Crippen LogP contribution in [0.2, 0.25) is 0 Å². The number of hydrogen-bond donors (Lipinski definition) is 1. The van der Waals surface area contributed by atoms with Crippen LogP contribution in [-0.4, -0.2) is 40.0 Å². The smallest absolute Gasteiger partial charge is 0.325 e. The summed E-state index contributed by atoms with van der Waals surface area (Å²) in [7, 11) is -4.06. The van der Waals surface area contributed by atoms with Crippen molar-refractivity contribution >= 4 is 44.4 Å². The predicted octanol–water partition coefficient (Wildman–Crippen LogP) is 3.50. The fourth-order valence-corrected chi connectivity index (χ4v) is 5.82. The van der Waals surface area contributed by atoms with E-state index in [4.69, 9.17) is 0 Å². The Labute approximate surface area is 173 Å². The van der Waals surface area contributed by atoms with Gasteiger partial charge >= 0.3 is 6.18 Å². The molecule has 2 heterocycles. The summed E-state index contributed by atoms with van der Waals surface area (Å²) in [5.74, 6) is -0.682. The Bertz CT molecular complexity index is 1210. The van der Waals surface area contributed by atoms with E-state index in [0.717, 1.165) is 28.2 Å². The number of carbonyl (C=O) groups is 1. The van der Waals surface area contributed by atoms with E-state index in [0.29, 0.717) is 11.9 Å². The molecule has 0 radical (unpaired) electrons. The van der Waals surface area contributed by atoms with Gasteiger partial charge in [0.15, 0.2) is 0 Å². The maximum Gasteiger partial charge on any atom is 0.416 e. The molecule has 0 aliphatic carbocycles. The number of carbonyl (C=O) groups excluding carboxylic acids is 1. The van der Waals surface area contributed by atoms with Gasteiger partial charge in [0.2, 0.25) is 15.9 Å². The summed E-state index contributed by atoms with van der Waals surface area (Å²) in [5.41, 5.74) is -0.291. The lowest BCUT2D eigenvalue weighted by atomic mass is 10.1. The number of anilines is 1. The molecule has 0 saturated carbocycles. The van der Waals surface area contributed by atoms with Crippen LogP contribution in [-0.2, 0) is 21.0 Å². The molecule has 1 N–H and O–H groups in total. The van der Waals surface area contributed by atoms with E-state index in [1.54, 1.807) is 12.1 Å². The van der Waals surface area contributed by atoms with Crippen LogP contribution in [0, 0.1) is 0 Å². The summed E-state index contributed by atoms with van der Waals surface area (Å²) < 4.78 is 74.3. The number of amides is 1. The summed E-state index contributed by atoms with van der Waals surface area (Å²) in [6.45, 7) is 0.122. The first-order valence-electron chi connectivity index (χ1n) is 8.89. The molecule has 0 spiro atoms. The van der Waals surface area contributed by atoms with E-state index in [-0.39, 0.29) is 29.1 Å². The molecule has 1 fully saturated rings. The summed E-state index contributed by atoms with van der Waals surface area (Å²) in [6, 6.07) is 7.76. The fraction of sp³-hybridized carbons (Fsp3) is 0.278. The van der Waals surface area contributed by atoms with E-state index in [1.807, 2.05) is 0 Å². The Balaban J connectivity index is 1.61. The highest BCUT2D eigenvalue weighted by Crippen LogP contribution is 2.32. The molecule has 1 amide bonds. The van der Waals surface area contributed by atoms with Crippen LogP contribution in [0.25, 0.3) is 11.0 Å². The minimum Gasteiger partial charge on any atom is -0.325 e. The van der Waals surface area contributed by atoms with Gasteiger partial charge in [0.1, 0.15) is 22.0 Å². The van der Waals surface area contributed by atoms with E-state index in [1.165, 1.54) is 18.2 Å². The molecule has 2 aromatic carbocycles. The molecule has 3 aromatic rings. The molecular formula is C18H15F3N4O3S2. The van der Waals surface area contributed by atoms with Crippen molar-refractivity contribution in [2.75, 3.05) is 11.9 Å². The number of rotatable bonds is 4. The van der Waals surface area contributed by atoms with Crippen molar-refractivity contribution in [2.45, 2.75) is 30.0 Å². The number of halogens is 3. The standard InChI is InChI=1S/C18H15F3N4O3S2/c19-18(20,21)11-4-1-5-12(10-11)22-17(26)14-7-3-9-25(14)30(27,28)15-8-2-6-13-16(15)24-29-23-13/h1-2,4-6,8,10,14H,3,7,9H2,(H,22,26). The predicted molar refractivity (Wildman–Crippen MR) is 104 cm³/mol. The van der Waals surface area contributed by atoms with Crippen molar-refractivity contribution in [1.82, 2.24) is 13.1 Å². The number of fused-ring (bicyclic) bond motifs is 1. The minimum absolute atomic E-state index is 0.0486. The second-order valence-corrected chi connectivity index (χ2v) is 9.12. The lowest BCUT2D eigenvalue weighted by Crippen LogP contribution is -2.43. The zero-order valence-corrected chi connectivity index (χ0v) is 16.9. The molecule has 1 atom stereocenters. The number of sulfonamides is 1. The van der Waals surface area contributed by atoms with Crippen molar-refractivity contribution in [3.63, 3.8) is 0 Å². The van der Waals surface area contributed by atoms with Gasteiger partial charge in [-0.05, 0) is 43.2 Å². The highest BCUT2D eigenvalue weighted by molar-refractivity contribution is 7.89. The van der Waals surface area contributed by atoms with Gasteiger partial charge < -0.3 is 5.32 Å². The van der Waals surface area contributed by atoms with Crippen LogP contribution in [0.1, 0.15) is 18.4 Å². The van der Waals surface area contributed by atoms with Crippen LogP contribution < -0.4 is 5.32 Å². The molecular weight excluding hydrogens is 441 g/mol. The average Bonchev–Trinajstić information content (AvgIpc) is 3.37. The molecule has 0 bridgehead atoms. The third kappa shape index (κ3) is 3.77. The first-order chi connectivity index (χ1) is 14.2. The number of aromatic nitrogens is 2. The van der Waals surface area contributed by atoms with Crippen molar-refractivity contribution in [3.8, 4) is 0 Å². The van der Waals surface area contributed by atoms with Gasteiger partial charge in [0.25, 0.3) is 0 Å². The minimum atomic E-state index is -4.55.